The molecule has 4 nitrogen and oxygen atoms in total. The van der Waals surface area contributed by atoms with Gasteiger partial charge in [0.2, 0.25) is 11.0 Å². The van der Waals surface area contributed by atoms with Crippen LogP contribution in [0.25, 0.3) is 0 Å². The Morgan fingerprint density at radius 3 is 2.13 bits per heavy atom. The number of nitrogens with one attached hydrogen (secondary N) is 1. The minimum atomic E-state index is -4.55. The number of benzene rings is 1. The summed E-state index contributed by atoms with van der Waals surface area (Å²) >= 11 is 0.728. The van der Waals surface area contributed by atoms with E-state index in [9.17, 15) is 13.2 Å². The molecular weight excluding hydrogens is 409 g/mol. The number of aromatic nitrogens is 2. The Bertz CT molecular complexity index is 818. The molecule has 0 aliphatic heterocycles. The highest BCUT2D eigenvalue weighted by molar-refractivity contribution is 7.09. The molecule has 1 heterocycles. The average Bonchev–Trinajstić information content (AvgIpc) is 3.09. The van der Waals surface area contributed by atoms with Crippen LogP contribution in [0.3, 0.4) is 0 Å². The van der Waals surface area contributed by atoms with Crippen LogP contribution in [0, 0.1) is 11.8 Å². The van der Waals surface area contributed by atoms with Crippen LogP contribution < -0.4 is 10.2 Å². The highest BCUT2D eigenvalue weighted by Crippen LogP contribution is 2.37. The summed E-state index contributed by atoms with van der Waals surface area (Å²) in [5.74, 6) is -0.216. The third kappa shape index (κ3) is 6.33. The second-order valence-corrected chi connectivity index (χ2v) is 9.96. The van der Waals surface area contributed by atoms with Crippen LogP contribution in [0.2, 0.25) is 0 Å². The fraction of sp³-hybridized carbons (Fsp3) is 0.636. The number of rotatable bonds is 9. The van der Waals surface area contributed by atoms with E-state index in [0.29, 0.717) is 11.8 Å². The van der Waals surface area contributed by atoms with Gasteiger partial charge in [-0.05, 0) is 41.4 Å². The summed E-state index contributed by atoms with van der Waals surface area (Å²) in [6.07, 6.45) is -3.60. The first-order valence-corrected chi connectivity index (χ1v) is 11.2. The van der Waals surface area contributed by atoms with Crippen LogP contribution >= 0.6 is 11.5 Å². The van der Waals surface area contributed by atoms with Crippen LogP contribution in [-0.2, 0) is 11.6 Å². The zero-order valence-corrected chi connectivity index (χ0v) is 19.7. The van der Waals surface area contributed by atoms with E-state index in [1.54, 1.807) is 0 Å². The summed E-state index contributed by atoms with van der Waals surface area (Å²) in [6.45, 7) is 16.8. The molecule has 0 bridgehead atoms. The molecule has 1 aromatic heterocycles. The second-order valence-electron chi connectivity index (χ2n) is 9.21. The molecule has 2 aromatic rings. The second kappa shape index (κ2) is 9.54. The van der Waals surface area contributed by atoms with Crippen LogP contribution in [0.5, 0.6) is 0 Å². The van der Waals surface area contributed by atoms with Crippen molar-refractivity contribution in [2.24, 2.45) is 11.8 Å². The molecule has 0 aliphatic rings. The van der Waals surface area contributed by atoms with E-state index in [0.717, 1.165) is 48.0 Å². The molecule has 0 atom stereocenters. The van der Waals surface area contributed by atoms with Crippen LogP contribution in [0.1, 0.15) is 66.3 Å². The molecule has 0 radical (unpaired) electrons. The van der Waals surface area contributed by atoms with Gasteiger partial charge in [-0.1, -0.05) is 54.5 Å². The van der Waals surface area contributed by atoms with E-state index in [-0.39, 0.29) is 10.5 Å². The standard InChI is InChI=1S/C22H33F3N4S/c1-8-21(6,7)16-9-10-18(29(12-14(2)3)13-15(4)5)17(11-16)26-20-27-19(28-30-20)22(23,24)25/h9-11,14-15H,8,12-13H2,1-7H3,(H,26,27,28). The Balaban J connectivity index is 2.51. The van der Waals surface area contributed by atoms with Crippen molar-refractivity contribution < 1.29 is 13.2 Å². The summed E-state index contributed by atoms with van der Waals surface area (Å²) in [6, 6.07) is 6.24. The fourth-order valence-electron chi connectivity index (χ4n) is 3.19. The minimum absolute atomic E-state index is 0.0475. The van der Waals surface area contributed by atoms with Gasteiger partial charge in [0.1, 0.15) is 0 Å². The lowest BCUT2D eigenvalue weighted by atomic mass is 9.82. The SMILES string of the molecule is CCC(C)(C)c1ccc(N(CC(C)C)CC(C)C)c(Nc2nc(C(F)(F)F)ns2)c1. The highest BCUT2D eigenvalue weighted by atomic mass is 32.1. The number of halogens is 3. The van der Waals surface area contributed by atoms with Gasteiger partial charge in [0.15, 0.2) is 0 Å². The molecule has 2 rings (SSSR count). The van der Waals surface area contributed by atoms with Gasteiger partial charge in [-0.25, -0.2) is 0 Å². The number of alkyl halides is 3. The van der Waals surface area contributed by atoms with Gasteiger partial charge in [-0.3, -0.25) is 0 Å². The predicted octanol–water partition coefficient (Wildman–Crippen LogP) is 7.11. The summed E-state index contributed by atoms with van der Waals surface area (Å²) in [5, 5.41) is 3.27. The number of nitrogens with zero attached hydrogens (tertiary/aromatic N) is 3. The zero-order chi connectivity index (χ0) is 22.7. The van der Waals surface area contributed by atoms with Gasteiger partial charge in [0.05, 0.1) is 11.4 Å². The number of hydrogen-bond acceptors (Lipinski definition) is 5. The Kier molecular flexibility index (Phi) is 7.77. The number of hydrogen-bond donors (Lipinski definition) is 1. The third-order valence-electron chi connectivity index (χ3n) is 5.09. The lowest BCUT2D eigenvalue weighted by Gasteiger charge is -2.32. The Labute approximate surface area is 182 Å². The van der Waals surface area contributed by atoms with Crippen molar-refractivity contribution in [2.45, 2.75) is 66.5 Å². The monoisotopic (exact) mass is 442 g/mol. The maximum atomic E-state index is 12.9. The van der Waals surface area contributed by atoms with E-state index in [1.165, 1.54) is 0 Å². The Morgan fingerprint density at radius 1 is 1.07 bits per heavy atom. The maximum Gasteiger partial charge on any atom is 0.452 e. The molecule has 0 fully saturated rings. The number of anilines is 3. The lowest BCUT2D eigenvalue weighted by Crippen LogP contribution is -2.32. The van der Waals surface area contributed by atoms with Crippen molar-refractivity contribution in [2.75, 3.05) is 23.3 Å². The molecule has 1 aromatic carbocycles. The van der Waals surface area contributed by atoms with E-state index < -0.39 is 12.0 Å². The zero-order valence-electron chi connectivity index (χ0n) is 18.9. The normalized spacial score (nSPS) is 12.7. The predicted molar refractivity (Wildman–Crippen MR) is 120 cm³/mol. The van der Waals surface area contributed by atoms with E-state index in [2.05, 4.69) is 80.2 Å². The molecule has 0 spiro atoms. The van der Waals surface area contributed by atoms with Crippen molar-refractivity contribution >= 4 is 28.0 Å². The first-order chi connectivity index (χ1) is 13.8. The van der Waals surface area contributed by atoms with Crippen molar-refractivity contribution in [3.8, 4) is 0 Å². The molecular formula is C22H33F3N4S. The van der Waals surface area contributed by atoms with Crippen LogP contribution in [0.15, 0.2) is 18.2 Å². The summed E-state index contributed by atoms with van der Waals surface area (Å²) in [7, 11) is 0. The molecule has 0 unspecified atom stereocenters. The van der Waals surface area contributed by atoms with Gasteiger partial charge >= 0.3 is 6.18 Å². The van der Waals surface area contributed by atoms with Crippen molar-refractivity contribution in [1.82, 2.24) is 9.36 Å². The van der Waals surface area contributed by atoms with Gasteiger partial charge in [-0.15, -0.1) is 0 Å². The van der Waals surface area contributed by atoms with E-state index in [1.807, 2.05) is 6.07 Å². The van der Waals surface area contributed by atoms with Crippen LogP contribution in [0.4, 0.5) is 29.7 Å². The Morgan fingerprint density at radius 2 is 1.67 bits per heavy atom. The highest BCUT2D eigenvalue weighted by Gasteiger charge is 2.36. The average molecular weight is 443 g/mol. The minimum Gasteiger partial charge on any atom is -0.369 e. The van der Waals surface area contributed by atoms with E-state index >= 15 is 0 Å². The van der Waals surface area contributed by atoms with Gasteiger partial charge in [-0.2, -0.15) is 22.5 Å². The summed E-state index contributed by atoms with van der Waals surface area (Å²) < 4.78 is 42.3. The Hall–Kier alpha value is -1.83. The largest absolute Gasteiger partial charge is 0.452 e. The molecule has 0 aliphatic carbocycles. The lowest BCUT2D eigenvalue weighted by molar-refractivity contribution is -0.144. The molecule has 0 saturated heterocycles. The molecule has 168 valence electrons. The molecule has 0 amide bonds. The van der Waals surface area contributed by atoms with Gasteiger partial charge < -0.3 is 10.2 Å². The fourth-order valence-corrected chi connectivity index (χ4v) is 3.79. The molecule has 8 heteroatoms. The first-order valence-electron chi connectivity index (χ1n) is 10.4. The maximum absolute atomic E-state index is 12.9. The van der Waals surface area contributed by atoms with Crippen molar-refractivity contribution in [3.63, 3.8) is 0 Å². The smallest absolute Gasteiger partial charge is 0.369 e. The molecule has 0 saturated carbocycles. The van der Waals surface area contributed by atoms with Crippen LogP contribution in [-0.4, -0.2) is 22.4 Å². The van der Waals surface area contributed by atoms with Gasteiger partial charge in [0.25, 0.3) is 0 Å². The summed E-state index contributed by atoms with van der Waals surface area (Å²) in [5.41, 5.74) is 2.82. The quantitative estimate of drug-likeness (QED) is 0.449. The van der Waals surface area contributed by atoms with E-state index in [4.69, 9.17) is 0 Å². The van der Waals surface area contributed by atoms with Gasteiger partial charge in [0, 0.05) is 24.6 Å². The van der Waals surface area contributed by atoms with Crippen molar-refractivity contribution in [3.05, 3.63) is 29.6 Å². The molecule has 30 heavy (non-hydrogen) atoms. The third-order valence-corrected chi connectivity index (χ3v) is 5.73. The summed E-state index contributed by atoms with van der Waals surface area (Å²) in [4.78, 5) is 5.96. The first kappa shape index (κ1) is 24.4. The topological polar surface area (TPSA) is 41.0 Å². The van der Waals surface area contributed by atoms with Crippen molar-refractivity contribution in [1.29, 1.82) is 0 Å². The molecule has 1 N–H and O–H groups in total.